The molecule has 0 aliphatic carbocycles. The van der Waals surface area contributed by atoms with Gasteiger partial charge in [-0.3, -0.25) is 9.59 Å². The van der Waals surface area contributed by atoms with Crippen molar-refractivity contribution in [1.82, 2.24) is 0 Å². The molecule has 1 aliphatic heterocycles. The molecule has 2 amide bonds. The Morgan fingerprint density at radius 3 is 2.89 bits per heavy atom. The maximum atomic E-state index is 11.9. The minimum Gasteiger partial charge on any atom is -0.378 e. The lowest BCUT2D eigenvalue weighted by Gasteiger charge is -2.08. The standard InChI is InChI=1S/C12H15N3O2S2/c1-3-7-6(2)5-18-11(7)14-9(16)4-8-10(17)15-12(13)19-8/h5,8H,3-4H2,1-2H3,(H,14,16)(H2,13,15,17). The van der Waals surface area contributed by atoms with Gasteiger partial charge in [-0.25, -0.2) is 0 Å². The van der Waals surface area contributed by atoms with E-state index in [4.69, 9.17) is 5.73 Å². The van der Waals surface area contributed by atoms with Gasteiger partial charge in [0.2, 0.25) is 5.91 Å². The number of aryl methyl sites for hydroxylation is 1. The van der Waals surface area contributed by atoms with Gasteiger partial charge in [0.05, 0.1) is 5.00 Å². The first kappa shape index (κ1) is 14.1. The highest BCUT2D eigenvalue weighted by atomic mass is 32.2. The van der Waals surface area contributed by atoms with Crippen molar-refractivity contribution in [2.75, 3.05) is 5.32 Å². The van der Waals surface area contributed by atoms with E-state index in [1.807, 2.05) is 12.3 Å². The number of nitrogens with zero attached hydrogens (tertiary/aromatic N) is 1. The third-order valence-corrected chi connectivity index (χ3v) is 4.88. The number of carbonyl (C=O) groups excluding carboxylic acids is 2. The summed E-state index contributed by atoms with van der Waals surface area (Å²) in [5.74, 6) is -0.497. The zero-order valence-corrected chi connectivity index (χ0v) is 12.4. The Hall–Kier alpha value is -1.34. The molecule has 0 saturated carbocycles. The molecule has 0 bridgehead atoms. The summed E-state index contributed by atoms with van der Waals surface area (Å²) >= 11 is 2.66. The number of amides is 2. The van der Waals surface area contributed by atoms with Gasteiger partial charge < -0.3 is 11.1 Å². The molecular weight excluding hydrogens is 282 g/mol. The Kier molecular flexibility index (Phi) is 4.26. The minimum absolute atomic E-state index is 0.105. The SMILES string of the molecule is CCc1c(C)csc1NC(=O)CC1SC(N)=NC1=O. The quantitative estimate of drug-likeness (QED) is 0.889. The summed E-state index contributed by atoms with van der Waals surface area (Å²) in [5.41, 5.74) is 7.79. The lowest BCUT2D eigenvalue weighted by atomic mass is 10.1. The van der Waals surface area contributed by atoms with Crippen LogP contribution in [0.3, 0.4) is 0 Å². The van der Waals surface area contributed by atoms with Crippen molar-refractivity contribution in [3.05, 3.63) is 16.5 Å². The molecule has 5 nitrogen and oxygen atoms in total. The van der Waals surface area contributed by atoms with Crippen LogP contribution in [-0.2, 0) is 16.0 Å². The van der Waals surface area contributed by atoms with Gasteiger partial charge in [-0.1, -0.05) is 18.7 Å². The molecule has 0 fully saturated rings. The molecule has 19 heavy (non-hydrogen) atoms. The van der Waals surface area contributed by atoms with Crippen LogP contribution in [0.4, 0.5) is 5.00 Å². The molecule has 1 aromatic heterocycles. The molecule has 2 rings (SSSR count). The van der Waals surface area contributed by atoms with E-state index in [0.717, 1.165) is 28.7 Å². The third-order valence-electron chi connectivity index (χ3n) is 2.84. The molecule has 0 aromatic carbocycles. The molecule has 3 N–H and O–H groups in total. The molecule has 1 aromatic rings. The van der Waals surface area contributed by atoms with E-state index in [1.165, 1.54) is 16.9 Å². The smallest absolute Gasteiger partial charge is 0.262 e. The Bertz CT molecular complexity index is 551. The number of anilines is 1. The van der Waals surface area contributed by atoms with Crippen LogP contribution in [0, 0.1) is 6.92 Å². The monoisotopic (exact) mass is 297 g/mol. The van der Waals surface area contributed by atoms with Crippen molar-refractivity contribution in [2.24, 2.45) is 10.7 Å². The first-order valence-electron chi connectivity index (χ1n) is 5.92. The Balaban J connectivity index is 1.97. The number of nitrogens with one attached hydrogen (secondary N) is 1. The highest BCUT2D eigenvalue weighted by Gasteiger charge is 2.29. The Labute approximate surface area is 119 Å². The zero-order chi connectivity index (χ0) is 14.0. The summed E-state index contributed by atoms with van der Waals surface area (Å²) in [6.07, 6.45) is 0.978. The van der Waals surface area contributed by atoms with Crippen molar-refractivity contribution in [3.8, 4) is 0 Å². The fourth-order valence-corrected chi connectivity index (χ4v) is 3.77. The van der Waals surface area contributed by atoms with Gasteiger partial charge in [-0.2, -0.15) is 4.99 Å². The second-order valence-corrected chi connectivity index (χ2v) is 6.33. The number of thioether (sulfide) groups is 1. The summed E-state index contributed by atoms with van der Waals surface area (Å²) in [4.78, 5) is 27.0. The molecular formula is C12H15N3O2S2. The summed E-state index contributed by atoms with van der Waals surface area (Å²) in [7, 11) is 0. The highest BCUT2D eigenvalue weighted by molar-refractivity contribution is 8.15. The van der Waals surface area contributed by atoms with Gasteiger partial charge in [0, 0.05) is 6.42 Å². The molecule has 1 aliphatic rings. The predicted octanol–water partition coefficient (Wildman–Crippen LogP) is 1.90. The number of nitrogens with two attached hydrogens (primary N) is 1. The van der Waals surface area contributed by atoms with E-state index >= 15 is 0 Å². The number of thiophene rings is 1. The number of aliphatic imine (C=N–C) groups is 1. The molecule has 7 heteroatoms. The highest BCUT2D eigenvalue weighted by Crippen LogP contribution is 2.29. The zero-order valence-electron chi connectivity index (χ0n) is 10.7. The fourth-order valence-electron chi connectivity index (χ4n) is 1.89. The number of hydrogen-bond donors (Lipinski definition) is 2. The van der Waals surface area contributed by atoms with Crippen LogP contribution in [0.15, 0.2) is 10.4 Å². The average molecular weight is 297 g/mol. The molecule has 0 radical (unpaired) electrons. The molecule has 102 valence electrons. The first-order valence-corrected chi connectivity index (χ1v) is 7.68. The van der Waals surface area contributed by atoms with Crippen molar-refractivity contribution in [2.45, 2.75) is 31.9 Å². The largest absolute Gasteiger partial charge is 0.378 e. The van der Waals surface area contributed by atoms with E-state index in [2.05, 4.69) is 17.2 Å². The summed E-state index contributed by atoms with van der Waals surface area (Å²) in [5, 5.41) is 5.51. The van der Waals surface area contributed by atoms with Crippen LogP contribution >= 0.6 is 23.1 Å². The Morgan fingerprint density at radius 2 is 2.32 bits per heavy atom. The molecule has 2 heterocycles. The van der Waals surface area contributed by atoms with Crippen LogP contribution in [0.1, 0.15) is 24.5 Å². The summed E-state index contributed by atoms with van der Waals surface area (Å²) in [6.45, 7) is 4.07. The maximum absolute atomic E-state index is 11.9. The van der Waals surface area contributed by atoms with Gasteiger partial charge in [0.25, 0.3) is 5.91 Å². The summed E-state index contributed by atoms with van der Waals surface area (Å²) in [6, 6.07) is 0. The molecule has 0 saturated heterocycles. The van der Waals surface area contributed by atoms with Crippen molar-refractivity contribution < 1.29 is 9.59 Å². The topological polar surface area (TPSA) is 84.6 Å². The van der Waals surface area contributed by atoms with Gasteiger partial charge in [0.1, 0.15) is 5.25 Å². The number of carbonyl (C=O) groups is 2. The van der Waals surface area contributed by atoms with Gasteiger partial charge in [-0.15, -0.1) is 11.3 Å². The van der Waals surface area contributed by atoms with E-state index in [-0.39, 0.29) is 23.4 Å². The second kappa shape index (κ2) is 5.75. The molecule has 1 unspecified atom stereocenters. The molecule has 1 atom stereocenters. The van der Waals surface area contributed by atoms with Crippen molar-refractivity contribution >= 4 is 45.1 Å². The van der Waals surface area contributed by atoms with Crippen LogP contribution < -0.4 is 11.1 Å². The lowest BCUT2D eigenvalue weighted by Crippen LogP contribution is -2.21. The van der Waals surface area contributed by atoms with Gasteiger partial charge in [-0.05, 0) is 29.9 Å². The normalized spacial score (nSPS) is 18.5. The Morgan fingerprint density at radius 1 is 1.58 bits per heavy atom. The van der Waals surface area contributed by atoms with E-state index in [9.17, 15) is 9.59 Å². The number of amidine groups is 1. The molecule has 0 spiro atoms. The van der Waals surface area contributed by atoms with E-state index < -0.39 is 5.25 Å². The van der Waals surface area contributed by atoms with E-state index in [1.54, 1.807) is 0 Å². The minimum atomic E-state index is -0.480. The number of hydrogen-bond acceptors (Lipinski definition) is 5. The van der Waals surface area contributed by atoms with Crippen molar-refractivity contribution in [3.63, 3.8) is 0 Å². The van der Waals surface area contributed by atoms with E-state index in [0.29, 0.717) is 0 Å². The van der Waals surface area contributed by atoms with Crippen LogP contribution in [0.2, 0.25) is 0 Å². The maximum Gasteiger partial charge on any atom is 0.262 e. The lowest BCUT2D eigenvalue weighted by molar-refractivity contribution is -0.121. The second-order valence-electron chi connectivity index (χ2n) is 4.23. The van der Waals surface area contributed by atoms with Gasteiger partial charge >= 0.3 is 0 Å². The summed E-state index contributed by atoms with van der Waals surface area (Å²) < 4.78 is 0. The third kappa shape index (κ3) is 3.16. The van der Waals surface area contributed by atoms with Crippen LogP contribution in [-0.4, -0.2) is 22.2 Å². The average Bonchev–Trinajstić information content (AvgIpc) is 2.83. The first-order chi connectivity index (χ1) is 9.01. The fraction of sp³-hybridized carbons (Fsp3) is 0.417. The van der Waals surface area contributed by atoms with Gasteiger partial charge in [0.15, 0.2) is 5.17 Å². The van der Waals surface area contributed by atoms with Crippen LogP contribution in [0.25, 0.3) is 0 Å². The number of rotatable bonds is 4. The predicted molar refractivity (Wildman–Crippen MR) is 79.7 cm³/mol. The van der Waals surface area contributed by atoms with Crippen LogP contribution in [0.5, 0.6) is 0 Å². The van der Waals surface area contributed by atoms with Crippen molar-refractivity contribution in [1.29, 1.82) is 0 Å².